The zero-order valence-electron chi connectivity index (χ0n) is 55.2. The number of carbonyl (C=O) groups is 10. The lowest BCUT2D eigenvalue weighted by Gasteiger charge is -2.22. The van der Waals surface area contributed by atoms with Gasteiger partial charge in [-0.15, -0.1) is 12.4 Å². The molecule has 7 amide bonds. The third kappa shape index (κ3) is 33.2. The highest BCUT2D eigenvalue weighted by Gasteiger charge is 2.39. The van der Waals surface area contributed by atoms with Crippen LogP contribution in [-0.4, -0.2) is 227 Å². The number of aliphatic carboxylic acids is 1. The van der Waals surface area contributed by atoms with Crippen molar-refractivity contribution in [2.45, 2.75) is 140 Å². The number of carboxylic acid groups (broad SMARTS) is 1. The Morgan fingerprint density at radius 2 is 0.816 bits per heavy atom. The van der Waals surface area contributed by atoms with Crippen LogP contribution in [-0.2, 0) is 83.6 Å². The van der Waals surface area contributed by atoms with E-state index in [1.54, 1.807) is 4.90 Å². The molecule has 4 fully saturated rings. The Morgan fingerprint density at radius 3 is 1.17 bits per heavy atom. The lowest BCUT2D eigenvalue weighted by molar-refractivity contribution is -0.150. The molecule has 540 valence electrons. The Morgan fingerprint density at radius 1 is 0.459 bits per heavy atom. The van der Waals surface area contributed by atoms with Crippen LogP contribution >= 0.6 is 12.4 Å². The van der Waals surface area contributed by atoms with Crippen molar-refractivity contribution < 1.29 is 107 Å². The van der Waals surface area contributed by atoms with Crippen LogP contribution in [0, 0.1) is 0 Å². The number of methoxy groups -OCH3 is 2. The Bertz CT molecular complexity index is 3040. The SMILES string of the molecule is COC(=O)[C@@H]1C[C@@H](O)CN1.COC(=O)[C@@H]1C[C@@H](O)CN1C(=O)CCNC(=O)OCc1ccccc1.C[C@@H]1C[C@@H](O)CN1C(=O)CCNC(=O)OCc1ccccc1.Cl.O=C(NCCC(=O)N1C[C@H](O)C[C@H]1CO)OCc1ccccc1.O=C(O)CCCNC(=O)OCc1ccccc1. The van der Waals surface area contributed by atoms with Gasteiger partial charge in [0.15, 0.2) is 0 Å². The Balaban J connectivity index is 0.000000326. The zero-order chi connectivity index (χ0) is 70.9. The quantitative estimate of drug-likeness (QED) is 0.0273. The predicted molar refractivity (Wildman–Crippen MR) is 354 cm³/mol. The number of likely N-dealkylation sites (tertiary alicyclic amines) is 3. The molecular weight excluding hydrogens is 1300 g/mol. The first-order valence-corrected chi connectivity index (χ1v) is 31.7. The number of hydrogen-bond acceptors (Lipinski definition) is 22. The lowest BCUT2D eigenvalue weighted by Crippen LogP contribution is -2.42. The molecule has 11 N–H and O–H groups in total. The molecule has 0 bridgehead atoms. The van der Waals surface area contributed by atoms with Gasteiger partial charge in [0.1, 0.15) is 38.5 Å². The molecular formula is C67H93ClN8O22. The van der Waals surface area contributed by atoms with E-state index in [9.17, 15) is 68.4 Å². The maximum Gasteiger partial charge on any atom is 0.407 e. The summed E-state index contributed by atoms with van der Waals surface area (Å²) in [5, 5.41) is 68.2. The number of benzene rings is 4. The number of halogens is 1. The van der Waals surface area contributed by atoms with E-state index in [0.717, 1.165) is 22.3 Å². The van der Waals surface area contributed by atoms with Gasteiger partial charge in [-0.25, -0.2) is 24.0 Å². The lowest BCUT2D eigenvalue weighted by atomic mass is 10.2. The monoisotopic (exact) mass is 1400 g/mol. The smallest absolute Gasteiger partial charge is 0.407 e. The molecule has 98 heavy (non-hydrogen) atoms. The van der Waals surface area contributed by atoms with Gasteiger partial charge in [0, 0.05) is 96.9 Å². The minimum Gasteiger partial charge on any atom is -0.481 e. The standard InChI is InChI=1S/C17H22N2O6.C16H22N2O5.C16H22N2O4.C12H15NO4.C6H11NO3.ClH/c1-24-16(22)14-9-13(20)10-19(14)15(21)7-8-18-17(23)25-11-12-5-3-2-4-6-12;19-10-13-8-14(20)9-18(13)15(21)6-7-17-16(22)23-11-12-4-2-1-3-5-12;1-12-9-14(19)10-18(12)15(20)7-8-17-16(21)22-11-13-5-3-2-4-6-13;14-11(15)7-4-8-13-12(16)17-9-10-5-2-1-3-6-10;1-10-6(9)5-2-4(8)3-7-5;/h2-6,13-14,20H,7-11H2,1H3,(H,18,23);1-5,13-14,19-20H,6-11H2,(H,17,22);2-6,12,14,19H,7-11H2,1H3,(H,17,21);1-3,5-6H,4,7-9H2,(H,13,16)(H,14,15);4-5,7-8H,2-3H2,1H3;1H/t2*13-,14+;12-,14-;;4-,5+;/m101.1./s1. The fraction of sp³-hybridized carbons (Fsp3) is 0.493. The van der Waals surface area contributed by atoms with Crippen molar-refractivity contribution in [2.75, 3.05) is 73.2 Å². The number of β-amino-alcohol motifs (C(OH)–C–C–N with tert-alkyl or cyclic N) is 4. The van der Waals surface area contributed by atoms with Crippen molar-refractivity contribution >= 4 is 72.4 Å². The number of nitrogens with zero attached hydrogens (tertiary/aromatic N) is 3. The van der Waals surface area contributed by atoms with Crippen molar-refractivity contribution in [3.63, 3.8) is 0 Å². The zero-order valence-corrected chi connectivity index (χ0v) is 56.0. The van der Waals surface area contributed by atoms with Gasteiger partial charge in [-0.2, -0.15) is 0 Å². The predicted octanol–water partition coefficient (Wildman–Crippen LogP) is 3.06. The minimum atomic E-state index is -0.871. The van der Waals surface area contributed by atoms with Crippen molar-refractivity contribution in [3.05, 3.63) is 144 Å². The first-order chi connectivity index (χ1) is 46.6. The second kappa shape index (κ2) is 46.9. The van der Waals surface area contributed by atoms with Crippen molar-refractivity contribution in [1.29, 1.82) is 0 Å². The van der Waals surface area contributed by atoms with Crippen LogP contribution in [0.3, 0.4) is 0 Å². The summed E-state index contributed by atoms with van der Waals surface area (Å²) in [5.41, 5.74) is 3.57. The van der Waals surface area contributed by atoms with E-state index in [0.29, 0.717) is 45.3 Å². The number of aliphatic hydroxyl groups excluding tert-OH is 5. The summed E-state index contributed by atoms with van der Waals surface area (Å²) in [6.45, 7) is 4.40. The van der Waals surface area contributed by atoms with E-state index in [2.05, 4.69) is 36.1 Å². The number of esters is 2. The molecule has 4 aliphatic heterocycles. The second-order valence-electron chi connectivity index (χ2n) is 22.6. The molecule has 31 heteroatoms. The van der Waals surface area contributed by atoms with Gasteiger partial charge in [0.25, 0.3) is 0 Å². The molecule has 8 rings (SSSR count). The van der Waals surface area contributed by atoms with Crippen LogP contribution in [0.1, 0.15) is 87.0 Å². The number of rotatable bonds is 24. The number of alkyl carbamates (subject to hydrolysis) is 4. The highest BCUT2D eigenvalue weighted by molar-refractivity contribution is 5.86. The van der Waals surface area contributed by atoms with Crippen LogP contribution in [0.4, 0.5) is 19.2 Å². The summed E-state index contributed by atoms with van der Waals surface area (Å²) in [5.74, 6) is -2.33. The van der Waals surface area contributed by atoms with Gasteiger partial charge in [0.2, 0.25) is 17.7 Å². The summed E-state index contributed by atoms with van der Waals surface area (Å²) >= 11 is 0. The number of hydrogen-bond donors (Lipinski definition) is 11. The molecule has 0 unspecified atom stereocenters. The normalized spacial score (nSPS) is 19.3. The van der Waals surface area contributed by atoms with Gasteiger partial charge in [-0.05, 0) is 48.4 Å². The average molecular weight is 1400 g/mol. The molecule has 4 heterocycles. The maximum absolute atomic E-state index is 12.2. The number of nitrogens with one attached hydrogen (secondary N) is 5. The molecule has 8 atom stereocenters. The van der Waals surface area contributed by atoms with E-state index in [1.807, 2.05) is 128 Å². The van der Waals surface area contributed by atoms with Crippen LogP contribution in [0.25, 0.3) is 0 Å². The Kier molecular flexibility index (Phi) is 39.7. The van der Waals surface area contributed by atoms with E-state index in [-0.39, 0.29) is 152 Å². The maximum atomic E-state index is 12.2. The third-order valence-electron chi connectivity index (χ3n) is 15.0. The van der Waals surface area contributed by atoms with Gasteiger partial charge in [-0.1, -0.05) is 121 Å². The highest BCUT2D eigenvalue weighted by atomic mass is 35.5. The number of carbonyl (C=O) groups excluding carboxylic acids is 9. The molecule has 4 saturated heterocycles. The fourth-order valence-corrected chi connectivity index (χ4v) is 9.98. The van der Waals surface area contributed by atoms with Gasteiger partial charge >= 0.3 is 42.3 Å². The summed E-state index contributed by atoms with van der Waals surface area (Å²) in [6, 6.07) is 35.9. The number of aliphatic hydroxyl groups is 5. The molecule has 0 aliphatic carbocycles. The van der Waals surface area contributed by atoms with E-state index in [1.165, 1.54) is 24.0 Å². The molecule has 4 aliphatic rings. The highest BCUT2D eigenvalue weighted by Crippen LogP contribution is 2.21. The van der Waals surface area contributed by atoms with Gasteiger partial charge in [-0.3, -0.25) is 24.0 Å². The minimum absolute atomic E-state index is 0. The Labute approximate surface area is 575 Å². The van der Waals surface area contributed by atoms with Crippen molar-refractivity contribution in [3.8, 4) is 0 Å². The largest absolute Gasteiger partial charge is 0.481 e. The summed E-state index contributed by atoms with van der Waals surface area (Å²) in [7, 11) is 2.58. The van der Waals surface area contributed by atoms with Crippen LogP contribution < -0.4 is 26.6 Å². The second-order valence-corrected chi connectivity index (χ2v) is 22.6. The van der Waals surface area contributed by atoms with Gasteiger partial charge in [0.05, 0.1) is 51.3 Å². The molecule has 0 aromatic heterocycles. The number of ether oxygens (including phenoxy) is 6. The molecule has 4 aromatic carbocycles. The first-order valence-electron chi connectivity index (χ1n) is 31.7. The van der Waals surface area contributed by atoms with E-state index >= 15 is 0 Å². The Hall–Kier alpha value is -9.17. The number of amides is 7. The summed E-state index contributed by atoms with van der Waals surface area (Å²) < 4.78 is 29.2. The van der Waals surface area contributed by atoms with Crippen LogP contribution in [0.15, 0.2) is 121 Å². The molecule has 0 spiro atoms. The summed E-state index contributed by atoms with van der Waals surface area (Å²) in [4.78, 5) is 119. The molecule has 4 aromatic rings. The third-order valence-corrected chi connectivity index (χ3v) is 15.0. The van der Waals surface area contributed by atoms with E-state index in [4.69, 9.17) is 29.2 Å². The fourth-order valence-electron chi connectivity index (χ4n) is 9.98. The van der Waals surface area contributed by atoms with Crippen molar-refractivity contribution in [2.24, 2.45) is 0 Å². The van der Waals surface area contributed by atoms with E-state index < -0.39 is 66.8 Å². The topological polar surface area (TPSA) is 417 Å². The van der Waals surface area contributed by atoms with Crippen LogP contribution in [0.2, 0.25) is 0 Å². The molecule has 30 nitrogen and oxygen atoms in total. The first kappa shape index (κ1) is 83.1. The molecule has 0 radical (unpaired) electrons. The van der Waals surface area contributed by atoms with Crippen LogP contribution in [0.5, 0.6) is 0 Å². The van der Waals surface area contributed by atoms with Crippen molar-refractivity contribution in [1.82, 2.24) is 41.3 Å². The average Bonchev–Trinajstić information content (AvgIpc) is 1.71. The summed E-state index contributed by atoms with van der Waals surface area (Å²) in [6.07, 6.45) is -2.10. The molecule has 0 saturated carbocycles. The number of carboxylic acids is 1. The van der Waals surface area contributed by atoms with Gasteiger partial charge < -0.3 is 100 Å².